The van der Waals surface area contributed by atoms with Crippen molar-refractivity contribution in [2.24, 2.45) is 0 Å². The lowest BCUT2D eigenvalue weighted by Gasteiger charge is -2.16. The predicted octanol–water partition coefficient (Wildman–Crippen LogP) is 3.59. The summed E-state index contributed by atoms with van der Waals surface area (Å²) in [6.45, 7) is 0.00917. The van der Waals surface area contributed by atoms with E-state index in [2.05, 4.69) is 20.7 Å². The molecule has 0 amide bonds. The summed E-state index contributed by atoms with van der Waals surface area (Å²) in [7, 11) is 2.77. The smallest absolute Gasteiger partial charge is 0.324 e. The Hall–Kier alpha value is -0.490. The zero-order valence-electron chi connectivity index (χ0n) is 9.71. The quantitative estimate of drug-likeness (QED) is 0.459. The number of ether oxygens (including phenoxy) is 3. The van der Waals surface area contributed by atoms with Crippen LogP contribution in [0.3, 0.4) is 0 Å². The van der Waals surface area contributed by atoms with Gasteiger partial charge in [0, 0.05) is 17.7 Å². The van der Waals surface area contributed by atoms with Crippen LogP contribution in [-0.4, -0.2) is 27.0 Å². The molecule has 4 nitrogen and oxygen atoms in total. The molecule has 0 aliphatic heterocycles. The van der Waals surface area contributed by atoms with Crippen LogP contribution in [0.4, 0.5) is 0 Å². The van der Waals surface area contributed by atoms with Gasteiger partial charge >= 0.3 is 5.97 Å². The number of carbonyl (C=O) groups excluding carboxylic acids is 1. The van der Waals surface area contributed by atoms with E-state index in [0.29, 0.717) is 21.4 Å². The standard InChI is InChI=1S/C11H11BrCl2O4/c1-16-5-18-10-7(9(12)11(15)17-2)3-6(13)4-8(10)14/h3-4,9H,5H2,1-2H3. The molecule has 0 radical (unpaired) electrons. The van der Waals surface area contributed by atoms with Crippen molar-refractivity contribution < 1.29 is 19.0 Å². The van der Waals surface area contributed by atoms with Gasteiger partial charge in [-0.1, -0.05) is 39.1 Å². The first-order valence-corrected chi connectivity index (χ1v) is 6.51. The lowest BCUT2D eigenvalue weighted by Crippen LogP contribution is -2.11. The molecule has 0 saturated heterocycles. The van der Waals surface area contributed by atoms with Gasteiger partial charge < -0.3 is 14.2 Å². The molecule has 1 atom stereocenters. The topological polar surface area (TPSA) is 44.8 Å². The Morgan fingerprint density at radius 3 is 2.61 bits per heavy atom. The van der Waals surface area contributed by atoms with E-state index in [1.807, 2.05) is 0 Å². The number of methoxy groups -OCH3 is 2. The second-order valence-corrected chi connectivity index (χ2v) is 5.00. The summed E-state index contributed by atoms with van der Waals surface area (Å²) in [4.78, 5) is 10.8. The number of halogens is 3. The molecule has 0 aliphatic carbocycles. The highest BCUT2D eigenvalue weighted by molar-refractivity contribution is 9.09. The molecule has 0 fully saturated rings. The largest absolute Gasteiger partial charge is 0.468 e. The average molecular weight is 358 g/mol. The number of benzene rings is 1. The van der Waals surface area contributed by atoms with Crippen LogP contribution in [-0.2, 0) is 14.3 Å². The molecule has 1 aromatic rings. The van der Waals surface area contributed by atoms with Crippen LogP contribution in [0, 0.1) is 0 Å². The molecule has 0 heterocycles. The van der Waals surface area contributed by atoms with Crippen LogP contribution < -0.4 is 4.74 Å². The minimum atomic E-state index is -0.717. The van der Waals surface area contributed by atoms with E-state index in [9.17, 15) is 4.79 Å². The molecule has 0 bridgehead atoms. The van der Waals surface area contributed by atoms with Crippen LogP contribution in [0.1, 0.15) is 10.4 Å². The van der Waals surface area contributed by atoms with Gasteiger partial charge in [0.05, 0.1) is 12.1 Å². The Morgan fingerprint density at radius 2 is 2.06 bits per heavy atom. The Labute approximate surface area is 123 Å². The maximum atomic E-state index is 11.5. The van der Waals surface area contributed by atoms with Crippen molar-refractivity contribution in [2.45, 2.75) is 4.83 Å². The fourth-order valence-electron chi connectivity index (χ4n) is 1.27. The third-order valence-corrected chi connectivity index (χ3v) is 3.41. The van der Waals surface area contributed by atoms with Crippen LogP contribution in [0.5, 0.6) is 5.75 Å². The van der Waals surface area contributed by atoms with E-state index < -0.39 is 10.8 Å². The highest BCUT2D eigenvalue weighted by Crippen LogP contribution is 2.39. The van der Waals surface area contributed by atoms with E-state index in [4.69, 9.17) is 32.7 Å². The first kappa shape index (κ1) is 15.6. The fourth-order valence-corrected chi connectivity index (χ4v) is 2.36. The Balaban J connectivity index is 3.17. The summed E-state index contributed by atoms with van der Waals surface area (Å²) in [5.74, 6) is -0.147. The fraction of sp³-hybridized carbons (Fsp3) is 0.364. The maximum absolute atomic E-state index is 11.5. The highest BCUT2D eigenvalue weighted by Gasteiger charge is 2.24. The molecule has 1 unspecified atom stereocenters. The number of hydrogen-bond donors (Lipinski definition) is 0. The summed E-state index contributed by atoms with van der Waals surface area (Å²) in [6, 6.07) is 3.10. The van der Waals surface area contributed by atoms with Crippen molar-refractivity contribution >= 4 is 45.1 Å². The minimum absolute atomic E-state index is 0.00917. The third-order valence-electron chi connectivity index (χ3n) is 2.04. The van der Waals surface area contributed by atoms with E-state index in [-0.39, 0.29) is 6.79 Å². The normalized spacial score (nSPS) is 12.1. The van der Waals surface area contributed by atoms with Gasteiger partial charge in [-0.15, -0.1) is 0 Å². The van der Waals surface area contributed by atoms with E-state index >= 15 is 0 Å². The molecule has 7 heteroatoms. The molecule has 100 valence electrons. The second kappa shape index (κ2) is 7.19. The summed E-state index contributed by atoms with van der Waals surface area (Å²) in [5, 5.41) is 0.691. The van der Waals surface area contributed by atoms with Crippen LogP contribution in [0.2, 0.25) is 10.0 Å². The molecular weight excluding hydrogens is 347 g/mol. The lowest BCUT2D eigenvalue weighted by atomic mass is 10.1. The first-order chi connectivity index (χ1) is 8.51. The number of hydrogen-bond acceptors (Lipinski definition) is 4. The van der Waals surface area contributed by atoms with E-state index in [1.165, 1.54) is 20.3 Å². The van der Waals surface area contributed by atoms with Crippen molar-refractivity contribution in [3.8, 4) is 5.75 Å². The van der Waals surface area contributed by atoms with Crippen molar-refractivity contribution in [2.75, 3.05) is 21.0 Å². The SMILES string of the molecule is COCOc1c(Cl)cc(Cl)cc1C(Br)C(=O)OC. The summed E-state index contributed by atoms with van der Waals surface area (Å²) in [6.07, 6.45) is 0. The zero-order valence-corrected chi connectivity index (χ0v) is 12.8. The third kappa shape index (κ3) is 3.75. The monoisotopic (exact) mass is 356 g/mol. The molecule has 0 aromatic heterocycles. The molecule has 0 spiro atoms. The predicted molar refractivity (Wildman–Crippen MR) is 72.7 cm³/mol. The summed E-state index contributed by atoms with van der Waals surface area (Å²) in [5.41, 5.74) is 0.483. The number of carbonyl (C=O) groups is 1. The van der Waals surface area contributed by atoms with Gasteiger partial charge in [-0.25, -0.2) is 0 Å². The number of alkyl halides is 1. The molecule has 0 saturated carbocycles. The molecular formula is C11H11BrCl2O4. The average Bonchev–Trinajstić information content (AvgIpc) is 2.35. The van der Waals surface area contributed by atoms with E-state index in [0.717, 1.165) is 0 Å². The van der Waals surface area contributed by atoms with Crippen molar-refractivity contribution in [1.29, 1.82) is 0 Å². The molecule has 0 aliphatic rings. The Morgan fingerprint density at radius 1 is 1.39 bits per heavy atom. The van der Waals surface area contributed by atoms with E-state index in [1.54, 1.807) is 6.07 Å². The van der Waals surface area contributed by atoms with Gasteiger partial charge in [0.2, 0.25) is 0 Å². The van der Waals surface area contributed by atoms with Crippen LogP contribution in [0.15, 0.2) is 12.1 Å². The lowest BCUT2D eigenvalue weighted by molar-refractivity contribution is -0.139. The Bertz CT molecular complexity index is 439. The number of rotatable bonds is 5. The van der Waals surface area contributed by atoms with Gasteiger partial charge in [-0.2, -0.15) is 0 Å². The summed E-state index contributed by atoms with van der Waals surface area (Å²) < 4.78 is 14.8. The number of esters is 1. The molecule has 18 heavy (non-hydrogen) atoms. The highest BCUT2D eigenvalue weighted by atomic mass is 79.9. The molecule has 1 aromatic carbocycles. The second-order valence-electron chi connectivity index (χ2n) is 3.24. The first-order valence-electron chi connectivity index (χ1n) is 4.83. The summed E-state index contributed by atoms with van der Waals surface area (Å²) >= 11 is 15.1. The zero-order chi connectivity index (χ0) is 13.7. The minimum Gasteiger partial charge on any atom is -0.468 e. The van der Waals surface area contributed by atoms with Gasteiger partial charge in [0.15, 0.2) is 6.79 Å². The molecule has 1 rings (SSSR count). The molecule has 0 N–H and O–H groups in total. The van der Waals surface area contributed by atoms with Crippen LogP contribution in [0.25, 0.3) is 0 Å². The van der Waals surface area contributed by atoms with Crippen molar-refractivity contribution in [3.63, 3.8) is 0 Å². The van der Waals surface area contributed by atoms with Gasteiger partial charge in [-0.05, 0) is 12.1 Å². The maximum Gasteiger partial charge on any atom is 0.324 e. The van der Waals surface area contributed by atoms with Crippen molar-refractivity contribution in [1.82, 2.24) is 0 Å². The van der Waals surface area contributed by atoms with Gasteiger partial charge in [0.1, 0.15) is 10.6 Å². The van der Waals surface area contributed by atoms with Crippen molar-refractivity contribution in [3.05, 3.63) is 27.7 Å². The van der Waals surface area contributed by atoms with Crippen LogP contribution >= 0.6 is 39.1 Å². The van der Waals surface area contributed by atoms with Gasteiger partial charge in [-0.3, -0.25) is 4.79 Å². The Kier molecular flexibility index (Phi) is 6.21. The van der Waals surface area contributed by atoms with Gasteiger partial charge in [0.25, 0.3) is 0 Å².